The first-order valence-corrected chi connectivity index (χ1v) is 4.93. The Morgan fingerprint density at radius 2 is 2.28 bits per heavy atom. The minimum atomic E-state index is -0.359. The quantitative estimate of drug-likeness (QED) is 0.748. The Balaban J connectivity index is 2.54. The van der Waals surface area contributed by atoms with Gasteiger partial charge in [0.2, 0.25) is 5.88 Å². The molecule has 7 heteroatoms. The molecule has 0 saturated carbocycles. The topological polar surface area (TPSA) is 108 Å². The van der Waals surface area contributed by atoms with Crippen LogP contribution in [0.5, 0.6) is 5.88 Å². The molecule has 0 fully saturated rings. The third-order valence-electron chi connectivity index (χ3n) is 2.28. The van der Waals surface area contributed by atoms with Gasteiger partial charge in [0.25, 0.3) is 0 Å². The molecule has 0 radical (unpaired) electrons. The summed E-state index contributed by atoms with van der Waals surface area (Å²) in [4.78, 5) is 7.97. The molecule has 0 aliphatic heterocycles. The first-order chi connectivity index (χ1) is 8.65. The van der Waals surface area contributed by atoms with Crippen molar-refractivity contribution in [2.75, 3.05) is 7.11 Å². The summed E-state index contributed by atoms with van der Waals surface area (Å²) < 4.78 is 5.47. The normalized spacial score (nSPS) is 9.78. The lowest BCUT2D eigenvalue weighted by Gasteiger charge is -2.05. The molecule has 0 amide bonds. The van der Waals surface area contributed by atoms with Crippen molar-refractivity contribution >= 4 is 0 Å². The van der Waals surface area contributed by atoms with Crippen LogP contribution in [0.15, 0.2) is 24.5 Å². The van der Waals surface area contributed by atoms with Crippen molar-refractivity contribution in [3.05, 3.63) is 35.7 Å². The zero-order chi connectivity index (χ0) is 13.1. The van der Waals surface area contributed by atoms with Gasteiger partial charge in [0, 0.05) is 17.8 Å². The molecule has 0 unspecified atom stereocenters. The maximum absolute atomic E-state index is 9.47. The Hall–Kier alpha value is -2.88. The van der Waals surface area contributed by atoms with Gasteiger partial charge in [0.05, 0.1) is 19.0 Å². The second-order valence-corrected chi connectivity index (χ2v) is 3.37. The molecule has 2 aromatic rings. The zero-order valence-electron chi connectivity index (χ0n) is 9.45. The fourth-order valence-corrected chi connectivity index (χ4v) is 1.36. The summed E-state index contributed by atoms with van der Waals surface area (Å²) in [6, 6.07) is 5.08. The summed E-state index contributed by atoms with van der Waals surface area (Å²) >= 11 is 0. The van der Waals surface area contributed by atoms with E-state index in [-0.39, 0.29) is 11.2 Å². The Labute approximate surface area is 102 Å². The molecule has 0 bridgehead atoms. The summed E-state index contributed by atoms with van der Waals surface area (Å²) in [5, 5.41) is 25.7. The van der Waals surface area contributed by atoms with Crippen LogP contribution in [0.1, 0.15) is 5.69 Å². The molecule has 0 aliphatic rings. The smallest absolute Gasteiger partial charge is 0.212 e. The van der Waals surface area contributed by atoms with Gasteiger partial charge in [0.15, 0.2) is 11.2 Å². The number of nitrogens with zero attached hydrogens (tertiary/aromatic N) is 4. The monoisotopic (exact) mass is 243 g/mol. The molecular formula is C11H9N5O2. The standard InChI is InChI=1S/C11H9N5O2/c1-18-10-3-2-7(5-14-10)9-6-16(17)11(13)8(4-12)15-9/h2-3,5-6,13,17H,1H3. The van der Waals surface area contributed by atoms with E-state index in [1.165, 1.54) is 19.5 Å². The van der Waals surface area contributed by atoms with E-state index in [9.17, 15) is 5.21 Å². The van der Waals surface area contributed by atoms with E-state index < -0.39 is 0 Å². The SMILES string of the molecule is COc1ccc(-c2cn(O)c(=N)c(C#N)n2)cn1. The number of nitrogens with one attached hydrogen (secondary N) is 1. The van der Waals surface area contributed by atoms with Crippen molar-refractivity contribution in [2.24, 2.45) is 0 Å². The number of pyridine rings is 1. The van der Waals surface area contributed by atoms with Crippen molar-refractivity contribution in [1.29, 1.82) is 10.7 Å². The van der Waals surface area contributed by atoms with Gasteiger partial charge >= 0.3 is 0 Å². The summed E-state index contributed by atoms with van der Waals surface area (Å²) in [6.07, 6.45) is 2.75. The largest absolute Gasteiger partial charge is 0.481 e. The molecule has 0 spiro atoms. The van der Waals surface area contributed by atoms with Crippen molar-refractivity contribution in [2.45, 2.75) is 0 Å². The Morgan fingerprint density at radius 1 is 1.50 bits per heavy atom. The molecule has 90 valence electrons. The average Bonchev–Trinajstić information content (AvgIpc) is 2.42. The summed E-state index contributed by atoms with van der Waals surface area (Å²) in [6.45, 7) is 0. The lowest BCUT2D eigenvalue weighted by atomic mass is 10.2. The van der Waals surface area contributed by atoms with E-state index >= 15 is 0 Å². The molecule has 0 atom stereocenters. The molecule has 7 nitrogen and oxygen atoms in total. The number of hydrogen-bond donors (Lipinski definition) is 2. The van der Waals surface area contributed by atoms with Crippen LogP contribution in [-0.4, -0.2) is 27.0 Å². The highest BCUT2D eigenvalue weighted by molar-refractivity contribution is 5.57. The average molecular weight is 243 g/mol. The van der Waals surface area contributed by atoms with Crippen LogP contribution in [-0.2, 0) is 0 Å². The van der Waals surface area contributed by atoms with Gasteiger partial charge in [-0.1, -0.05) is 0 Å². The first kappa shape index (κ1) is 11.6. The molecule has 0 aromatic carbocycles. The molecule has 2 N–H and O–H groups in total. The van der Waals surface area contributed by atoms with Crippen molar-refractivity contribution in [1.82, 2.24) is 14.7 Å². The first-order valence-electron chi connectivity index (χ1n) is 4.93. The second kappa shape index (κ2) is 4.55. The Bertz CT molecular complexity index is 669. The van der Waals surface area contributed by atoms with Crippen LogP contribution in [0, 0.1) is 16.7 Å². The number of hydrogen-bond acceptors (Lipinski definition) is 6. The van der Waals surface area contributed by atoms with E-state index in [0.717, 1.165) is 0 Å². The van der Waals surface area contributed by atoms with Gasteiger partial charge in [-0.3, -0.25) is 5.41 Å². The van der Waals surface area contributed by atoms with Crippen LogP contribution < -0.4 is 10.2 Å². The Kier molecular flexibility index (Phi) is 2.93. The van der Waals surface area contributed by atoms with Crippen LogP contribution in [0.25, 0.3) is 11.3 Å². The van der Waals surface area contributed by atoms with E-state index in [0.29, 0.717) is 21.9 Å². The maximum Gasteiger partial charge on any atom is 0.212 e. The molecule has 2 aromatic heterocycles. The van der Waals surface area contributed by atoms with Gasteiger partial charge in [0.1, 0.15) is 6.07 Å². The van der Waals surface area contributed by atoms with Gasteiger partial charge in [-0.15, -0.1) is 0 Å². The van der Waals surface area contributed by atoms with Gasteiger partial charge in [-0.05, 0) is 6.07 Å². The van der Waals surface area contributed by atoms with Crippen LogP contribution >= 0.6 is 0 Å². The van der Waals surface area contributed by atoms with Crippen molar-refractivity contribution in [3.8, 4) is 23.2 Å². The van der Waals surface area contributed by atoms with Gasteiger partial charge < -0.3 is 9.94 Å². The fraction of sp³-hybridized carbons (Fsp3) is 0.0909. The third kappa shape index (κ3) is 1.99. The highest BCUT2D eigenvalue weighted by Gasteiger charge is 2.07. The maximum atomic E-state index is 9.47. The molecule has 2 rings (SSSR count). The number of aromatic nitrogens is 3. The van der Waals surface area contributed by atoms with E-state index in [4.69, 9.17) is 15.4 Å². The van der Waals surface area contributed by atoms with Crippen molar-refractivity contribution < 1.29 is 9.94 Å². The van der Waals surface area contributed by atoms with Crippen LogP contribution in [0.4, 0.5) is 0 Å². The van der Waals surface area contributed by atoms with Crippen LogP contribution in [0.3, 0.4) is 0 Å². The van der Waals surface area contributed by atoms with E-state index in [1.807, 2.05) is 0 Å². The summed E-state index contributed by atoms with van der Waals surface area (Å²) in [7, 11) is 1.50. The predicted molar refractivity (Wildman–Crippen MR) is 59.8 cm³/mol. The molecular weight excluding hydrogens is 234 g/mol. The number of rotatable bonds is 2. The van der Waals surface area contributed by atoms with Crippen molar-refractivity contribution in [3.63, 3.8) is 0 Å². The minimum Gasteiger partial charge on any atom is -0.481 e. The van der Waals surface area contributed by atoms with E-state index in [1.54, 1.807) is 18.2 Å². The Morgan fingerprint density at radius 3 is 2.83 bits per heavy atom. The number of nitriles is 1. The van der Waals surface area contributed by atoms with Gasteiger partial charge in [-0.2, -0.15) is 9.99 Å². The lowest BCUT2D eigenvalue weighted by Crippen LogP contribution is -2.22. The minimum absolute atomic E-state index is 0.161. The predicted octanol–water partition coefficient (Wildman–Crippen LogP) is 0.542. The molecule has 18 heavy (non-hydrogen) atoms. The van der Waals surface area contributed by atoms with Crippen LogP contribution in [0.2, 0.25) is 0 Å². The third-order valence-corrected chi connectivity index (χ3v) is 2.28. The summed E-state index contributed by atoms with van der Waals surface area (Å²) in [5.74, 6) is 0.452. The fourth-order valence-electron chi connectivity index (χ4n) is 1.36. The highest BCUT2D eigenvalue weighted by atomic mass is 16.5. The number of methoxy groups -OCH3 is 1. The highest BCUT2D eigenvalue weighted by Crippen LogP contribution is 2.17. The molecule has 2 heterocycles. The zero-order valence-corrected chi connectivity index (χ0v) is 9.45. The lowest BCUT2D eigenvalue weighted by molar-refractivity contribution is 0.169. The van der Waals surface area contributed by atoms with E-state index in [2.05, 4.69) is 9.97 Å². The number of ether oxygens (including phenoxy) is 1. The molecule has 0 aliphatic carbocycles. The second-order valence-electron chi connectivity index (χ2n) is 3.37. The summed E-state index contributed by atoms with van der Waals surface area (Å²) in [5.41, 5.74) is 0.434. The molecule has 0 saturated heterocycles. The van der Waals surface area contributed by atoms with Gasteiger partial charge in [-0.25, -0.2) is 9.97 Å².